The van der Waals surface area contributed by atoms with Crippen molar-refractivity contribution in [3.05, 3.63) is 64.5 Å². The second-order valence-corrected chi connectivity index (χ2v) is 9.30. The monoisotopic (exact) mass is 417 g/mol. The standard InChI is InChI=1S/C20H20ClN3O3S/c1-13-7-8-14(2)18(11-13)28(25,26)24(15-9-10-15)12-19-22-23-20(27-19)16-5-3-4-6-17(16)21/h3-8,11,15H,9-10,12H2,1-2H3. The lowest BCUT2D eigenvalue weighted by Crippen LogP contribution is -2.33. The van der Waals surface area contributed by atoms with E-state index in [2.05, 4.69) is 10.2 Å². The van der Waals surface area contributed by atoms with E-state index in [1.165, 1.54) is 4.31 Å². The molecule has 0 saturated heterocycles. The lowest BCUT2D eigenvalue weighted by atomic mass is 10.2. The Bertz CT molecular complexity index is 1120. The van der Waals surface area contributed by atoms with Crippen LogP contribution in [0.3, 0.4) is 0 Å². The van der Waals surface area contributed by atoms with Crippen LogP contribution in [0, 0.1) is 13.8 Å². The summed E-state index contributed by atoms with van der Waals surface area (Å²) in [6.45, 7) is 3.73. The number of hydrogen-bond donors (Lipinski definition) is 0. The minimum atomic E-state index is -3.67. The normalized spacial score (nSPS) is 14.6. The number of halogens is 1. The first kappa shape index (κ1) is 19.1. The summed E-state index contributed by atoms with van der Waals surface area (Å²) in [4.78, 5) is 0.324. The molecule has 1 saturated carbocycles. The Balaban J connectivity index is 1.65. The van der Waals surface area contributed by atoms with E-state index >= 15 is 0 Å². The van der Waals surface area contributed by atoms with E-state index in [0.717, 1.165) is 24.0 Å². The van der Waals surface area contributed by atoms with Gasteiger partial charge in [-0.3, -0.25) is 0 Å². The van der Waals surface area contributed by atoms with Crippen LogP contribution in [-0.4, -0.2) is 29.0 Å². The molecule has 0 aliphatic heterocycles. The van der Waals surface area contributed by atoms with Crippen LogP contribution >= 0.6 is 11.6 Å². The third-order valence-electron chi connectivity index (χ3n) is 4.75. The highest BCUT2D eigenvalue weighted by Gasteiger charge is 2.39. The fraction of sp³-hybridized carbons (Fsp3) is 0.300. The van der Waals surface area contributed by atoms with Crippen molar-refractivity contribution in [3.63, 3.8) is 0 Å². The average molecular weight is 418 g/mol. The summed E-state index contributed by atoms with van der Waals surface area (Å²) in [5.41, 5.74) is 2.25. The molecular formula is C20H20ClN3O3S. The molecule has 6 nitrogen and oxygen atoms in total. The topological polar surface area (TPSA) is 76.3 Å². The summed E-state index contributed by atoms with van der Waals surface area (Å²) >= 11 is 6.18. The highest BCUT2D eigenvalue weighted by Crippen LogP contribution is 2.35. The number of rotatable bonds is 6. The van der Waals surface area contributed by atoms with Crippen molar-refractivity contribution in [3.8, 4) is 11.5 Å². The predicted octanol–water partition coefficient (Wildman–Crippen LogP) is 4.36. The van der Waals surface area contributed by atoms with Gasteiger partial charge in [-0.1, -0.05) is 35.9 Å². The smallest absolute Gasteiger partial charge is 0.249 e. The number of aromatic nitrogens is 2. The number of aryl methyl sites for hydroxylation is 2. The molecule has 0 spiro atoms. The largest absolute Gasteiger partial charge is 0.419 e. The molecule has 1 heterocycles. The highest BCUT2D eigenvalue weighted by atomic mass is 35.5. The molecule has 0 N–H and O–H groups in total. The summed E-state index contributed by atoms with van der Waals surface area (Å²) < 4.78 is 33.9. The summed E-state index contributed by atoms with van der Waals surface area (Å²) in [5.74, 6) is 0.524. The van der Waals surface area contributed by atoms with Gasteiger partial charge in [0.1, 0.15) is 0 Å². The van der Waals surface area contributed by atoms with E-state index in [0.29, 0.717) is 15.5 Å². The van der Waals surface area contributed by atoms with Crippen molar-refractivity contribution in [2.75, 3.05) is 0 Å². The Morgan fingerprint density at radius 2 is 1.89 bits per heavy atom. The molecular weight excluding hydrogens is 398 g/mol. The minimum Gasteiger partial charge on any atom is -0.419 e. The van der Waals surface area contributed by atoms with Gasteiger partial charge in [0.05, 0.1) is 22.0 Å². The van der Waals surface area contributed by atoms with Crippen LogP contribution in [0.5, 0.6) is 0 Å². The van der Waals surface area contributed by atoms with Gasteiger partial charge in [0.25, 0.3) is 0 Å². The van der Waals surface area contributed by atoms with Gasteiger partial charge in [0.15, 0.2) is 0 Å². The molecule has 0 unspecified atom stereocenters. The number of benzene rings is 2. The summed E-state index contributed by atoms with van der Waals surface area (Å²) in [5, 5.41) is 8.59. The molecule has 1 aliphatic carbocycles. The maximum atomic E-state index is 13.3. The zero-order valence-corrected chi connectivity index (χ0v) is 17.2. The van der Waals surface area contributed by atoms with Crippen LogP contribution in [0.15, 0.2) is 51.8 Å². The van der Waals surface area contributed by atoms with E-state index in [1.54, 1.807) is 25.1 Å². The Morgan fingerprint density at radius 1 is 1.14 bits per heavy atom. The third-order valence-corrected chi connectivity index (χ3v) is 7.12. The fourth-order valence-corrected chi connectivity index (χ4v) is 5.24. The van der Waals surface area contributed by atoms with Gasteiger partial charge in [-0.2, -0.15) is 4.31 Å². The van der Waals surface area contributed by atoms with Crippen molar-refractivity contribution in [1.82, 2.24) is 14.5 Å². The van der Waals surface area contributed by atoms with E-state index in [9.17, 15) is 8.42 Å². The summed E-state index contributed by atoms with van der Waals surface area (Å²) in [6.07, 6.45) is 1.66. The second kappa shape index (κ2) is 7.31. The number of hydrogen-bond acceptors (Lipinski definition) is 5. The van der Waals surface area contributed by atoms with Gasteiger partial charge in [-0.25, -0.2) is 8.42 Å². The molecule has 1 fully saturated rings. The van der Waals surface area contributed by atoms with Crippen molar-refractivity contribution >= 4 is 21.6 Å². The molecule has 0 radical (unpaired) electrons. The zero-order chi connectivity index (χ0) is 19.9. The maximum absolute atomic E-state index is 13.3. The molecule has 0 atom stereocenters. The second-order valence-electron chi connectivity index (χ2n) is 7.03. The molecule has 0 amide bonds. The van der Waals surface area contributed by atoms with Gasteiger partial charge in [0.2, 0.25) is 21.8 Å². The molecule has 2 aromatic carbocycles. The first-order chi connectivity index (χ1) is 13.4. The first-order valence-corrected chi connectivity index (χ1v) is 10.8. The van der Waals surface area contributed by atoms with Crippen LogP contribution in [-0.2, 0) is 16.6 Å². The Morgan fingerprint density at radius 3 is 2.61 bits per heavy atom. The summed E-state index contributed by atoms with van der Waals surface area (Å²) in [7, 11) is -3.67. The molecule has 8 heteroatoms. The van der Waals surface area contributed by atoms with Crippen LogP contribution in [0.1, 0.15) is 29.9 Å². The first-order valence-electron chi connectivity index (χ1n) is 9.02. The molecule has 1 aliphatic rings. The molecule has 1 aromatic heterocycles. The van der Waals surface area contributed by atoms with E-state index in [-0.39, 0.29) is 24.4 Å². The third kappa shape index (κ3) is 3.70. The molecule has 3 aromatic rings. The van der Waals surface area contributed by atoms with E-state index in [4.69, 9.17) is 16.0 Å². The van der Waals surface area contributed by atoms with Crippen molar-refractivity contribution in [2.24, 2.45) is 0 Å². The average Bonchev–Trinajstić information content (AvgIpc) is 3.39. The van der Waals surface area contributed by atoms with Gasteiger partial charge in [0, 0.05) is 6.04 Å². The Hall–Kier alpha value is -2.22. The van der Waals surface area contributed by atoms with Crippen LogP contribution in [0.2, 0.25) is 5.02 Å². The van der Waals surface area contributed by atoms with Crippen LogP contribution < -0.4 is 0 Å². The lowest BCUT2D eigenvalue weighted by molar-refractivity contribution is 0.351. The van der Waals surface area contributed by atoms with E-state index < -0.39 is 10.0 Å². The van der Waals surface area contributed by atoms with Crippen LogP contribution in [0.4, 0.5) is 0 Å². The van der Waals surface area contributed by atoms with E-state index in [1.807, 2.05) is 31.2 Å². The fourth-order valence-electron chi connectivity index (χ4n) is 3.08. The Labute approximate surface area is 169 Å². The SMILES string of the molecule is Cc1ccc(C)c(S(=O)(=O)N(Cc2nnc(-c3ccccc3Cl)o2)C2CC2)c1. The van der Waals surface area contributed by atoms with Gasteiger partial charge in [-0.05, 0) is 56.0 Å². The molecule has 4 rings (SSSR count). The van der Waals surface area contributed by atoms with Gasteiger partial charge in [-0.15, -0.1) is 10.2 Å². The zero-order valence-electron chi connectivity index (χ0n) is 15.6. The molecule has 0 bridgehead atoms. The van der Waals surface area contributed by atoms with Crippen molar-refractivity contribution in [2.45, 2.75) is 44.2 Å². The van der Waals surface area contributed by atoms with Crippen molar-refractivity contribution < 1.29 is 12.8 Å². The predicted molar refractivity (Wildman–Crippen MR) is 106 cm³/mol. The number of sulfonamides is 1. The highest BCUT2D eigenvalue weighted by molar-refractivity contribution is 7.89. The van der Waals surface area contributed by atoms with Crippen molar-refractivity contribution in [1.29, 1.82) is 0 Å². The summed E-state index contributed by atoms with van der Waals surface area (Å²) in [6, 6.07) is 12.6. The maximum Gasteiger partial charge on any atom is 0.249 e. The molecule has 28 heavy (non-hydrogen) atoms. The van der Waals surface area contributed by atoms with Gasteiger partial charge >= 0.3 is 0 Å². The Kier molecular flexibility index (Phi) is 4.99. The quantitative estimate of drug-likeness (QED) is 0.595. The molecule has 146 valence electrons. The van der Waals surface area contributed by atoms with Gasteiger partial charge < -0.3 is 4.42 Å². The lowest BCUT2D eigenvalue weighted by Gasteiger charge is -2.21. The minimum absolute atomic E-state index is 0.0395. The van der Waals surface area contributed by atoms with Crippen LogP contribution in [0.25, 0.3) is 11.5 Å². The number of nitrogens with zero attached hydrogens (tertiary/aromatic N) is 3.